The molecule has 0 bridgehead atoms. The maximum Gasteiger partial charge on any atom is 0.257 e. The number of carbonyl (C=O) groups excluding carboxylic acids is 2. The first-order valence-corrected chi connectivity index (χ1v) is 7.95. The van der Waals surface area contributed by atoms with Gasteiger partial charge >= 0.3 is 0 Å². The highest BCUT2D eigenvalue weighted by Gasteiger charge is 2.35. The summed E-state index contributed by atoms with van der Waals surface area (Å²) in [6.45, 7) is 0.954. The molecule has 2 amide bonds. The van der Waals surface area contributed by atoms with Gasteiger partial charge in [0, 0.05) is 24.7 Å². The maximum absolute atomic E-state index is 13.2. The van der Waals surface area contributed by atoms with Gasteiger partial charge in [0.25, 0.3) is 5.91 Å². The molecule has 24 heavy (non-hydrogen) atoms. The zero-order chi connectivity index (χ0) is 16.5. The quantitative estimate of drug-likeness (QED) is 0.762. The molecule has 0 radical (unpaired) electrons. The van der Waals surface area contributed by atoms with E-state index in [1.165, 1.54) is 0 Å². The number of amides is 2. The van der Waals surface area contributed by atoms with Crippen molar-refractivity contribution in [2.24, 2.45) is 0 Å². The van der Waals surface area contributed by atoms with Crippen LogP contribution in [0.2, 0.25) is 0 Å². The Hall–Kier alpha value is -3.08. The molecule has 120 valence electrons. The van der Waals surface area contributed by atoms with E-state index in [9.17, 15) is 9.59 Å². The van der Waals surface area contributed by atoms with Crippen LogP contribution in [0.3, 0.4) is 0 Å². The Kier molecular flexibility index (Phi) is 3.54. The number of rotatable bonds is 2. The molecule has 2 heterocycles. The second kappa shape index (κ2) is 5.85. The first-order chi connectivity index (χ1) is 11.8. The Morgan fingerprint density at radius 2 is 1.88 bits per heavy atom. The molecule has 1 aromatic heterocycles. The first kappa shape index (κ1) is 14.5. The van der Waals surface area contributed by atoms with Gasteiger partial charge in [0.2, 0.25) is 5.91 Å². The van der Waals surface area contributed by atoms with Crippen molar-refractivity contribution in [1.29, 1.82) is 0 Å². The van der Waals surface area contributed by atoms with Crippen molar-refractivity contribution in [3.8, 4) is 0 Å². The minimum atomic E-state index is -0.599. The van der Waals surface area contributed by atoms with Crippen LogP contribution >= 0.6 is 0 Å². The lowest BCUT2D eigenvalue weighted by molar-refractivity contribution is -0.128. The van der Waals surface area contributed by atoms with Crippen LogP contribution in [0.5, 0.6) is 0 Å². The third kappa shape index (κ3) is 2.34. The van der Waals surface area contributed by atoms with Crippen LogP contribution < -0.4 is 5.32 Å². The zero-order valence-electron chi connectivity index (χ0n) is 13.0. The Morgan fingerprint density at radius 1 is 1.04 bits per heavy atom. The van der Waals surface area contributed by atoms with Crippen molar-refractivity contribution in [1.82, 2.24) is 15.2 Å². The lowest BCUT2D eigenvalue weighted by Gasteiger charge is -2.35. The van der Waals surface area contributed by atoms with Gasteiger partial charge in [0.05, 0.1) is 11.1 Å². The number of hydrogen-bond acceptors (Lipinski definition) is 2. The standard InChI is InChI=1S/C19H17N3O2/c23-18-17(14-5-2-1-3-6-14)22(12-11-21-18)19(24)15-8-4-7-13-9-10-20-16(13)15/h1-10,17,20H,11-12H2,(H,21,23)/t17-/m1/s1. The Balaban J connectivity index is 1.77. The van der Waals surface area contributed by atoms with Crippen LogP contribution in [0, 0.1) is 0 Å². The highest BCUT2D eigenvalue weighted by Crippen LogP contribution is 2.27. The molecule has 1 aliphatic heterocycles. The number of fused-ring (bicyclic) bond motifs is 1. The number of benzene rings is 2. The molecule has 1 aliphatic rings. The van der Waals surface area contributed by atoms with E-state index in [-0.39, 0.29) is 11.8 Å². The number of nitrogens with zero attached hydrogens (tertiary/aromatic N) is 1. The van der Waals surface area contributed by atoms with Gasteiger partial charge in [-0.1, -0.05) is 42.5 Å². The van der Waals surface area contributed by atoms with Crippen molar-refractivity contribution >= 4 is 22.7 Å². The van der Waals surface area contributed by atoms with Crippen LogP contribution in [0.15, 0.2) is 60.8 Å². The largest absolute Gasteiger partial charge is 0.361 e. The summed E-state index contributed by atoms with van der Waals surface area (Å²) in [6, 6.07) is 16.4. The average molecular weight is 319 g/mol. The smallest absolute Gasteiger partial charge is 0.257 e. The van der Waals surface area contributed by atoms with Gasteiger partial charge in [0.15, 0.2) is 0 Å². The monoisotopic (exact) mass is 319 g/mol. The van der Waals surface area contributed by atoms with Crippen LogP contribution in [0.1, 0.15) is 22.0 Å². The lowest BCUT2D eigenvalue weighted by atomic mass is 10.0. The first-order valence-electron chi connectivity index (χ1n) is 7.95. The van der Waals surface area contributed by atoms with E-state index >= 15 is 0 Å². The Labute approximate surface area is 139 Å². The van der Waals surface area contributed by atoms with Crippen LogP contribution in [0.4, 0.5) is 0 Å². The molecule has 1 saturated heterocycles. The molecule has 2 aromatic carbocycles. The van der Waals surface area contributed by atoms with Crippen LogP contribution in [-0.4, -0.2) is 34.8 Å². The van der Waals surface area contributed by atoms with Crippen molar-refractivity contribution in [3.63, 3.8) is 0 Å². The minimum absolute atomic E-state index is 0.133. The molecule has 0 aliphatic carbocycles. The van der Waals surface area contributed by atoms with E-state index in [4.69, 9.17) is 0 Å². The number of carbonyl (C=O) groups is 2. The highest BCUT2D eigenvalue weighted by atomic mass is 16.2. The van der Waals surface area contributed by atoms with E-state index in [1.54, 1.807) is 11.0 Å². The number of hydrogen-bond donors (Lipinski definition) is 2. The molecule has 3 aromatic rings. The summed E-state index contributed by atoms with van der Waals surface area (Å²) < 4.78 is 0. The van der Waals surface area contributed by atoms with Gasteiger partial charge in [-0.3, -0.25) is 9.59 Å². The molecule has 1 fully saturated rings. The van der Waals surface area contributed by atoms with E-state index in [0.29, 0.717) is 18.7 Å². The predicted molar refractivity (Wildman–Crippen MR) is 91.5 cm³/mol. The second-order valence-corrected chi connectivity index (χ2v) is 5.85. The number of H-pyrrole nitrogens is 1. The number of nitrogens with one attached hydrogen (secondary N) is 2. The van der Waals surface area contributed by atoms with Crippen molar-refractivity contribution in [2.75, 3.05) is 13.1 Å². The summed E-state index contributed by atoms with van der Waals surface area (Å²) in [5, 5.41) is 3.84. The molecule has 0 spiro atoms. The lowest BCUT2D eigenvalue weighted by Crippen LogP contribution is -2.52. The average Bonchev–Trinajstić information content (AvgIpc) is 3.10. The third-order valence-corrected chi connectivity index (χ3v) is 4.41. The maximum atomic E-state index is 13.2. The van der Waals surface area contributed by atoms with Crippen LogP contribution in [0.25, 0.3) is 10.9 Å². The van der Waals surface area contributed by atoms with E-state index in [0.717, 1.165) is 16.5 Å². The van der Waals surface area contributed by atoms with Gasteiger partial charge in [-0.2, -0.15) is 0 Å². The highest BCUT2D eigenvalue weighted by molar-refractivity contribution is 6.07. The fourth-order valence-corrected chi connectivity index (χ4v) is 3.27. The molecule has 5 heteroatoms. The van der Waals surface area contributed by atoms with Gasteiger partial charge in [-0.25, -0.2) is 0 Å². The van der Waals surface area contributed by atoms with Gasteiger partial charge in [-0.05, 0) is 17.7 Å². The van der Waals surface area contributed by atoms with E-state index < -0.39 is 6.04 Å². The van der Waals surface area contributed by atoms with Gasteiger partial charge in [-0.15, -0.1) is 0 Å². The topological polar surface area (TPSA) is 65.2 Å². The molecular formula is C19H17N3O2. The second-order valence-electron chi connectivity index (χ2n) is 5.85. The van der Waals surface area contributed by atoms with Crippen LogP contribution in [-0.2, 0) is 4.79 Å². The molecule has 4 rings (SSSR count). The summed E-state index contributed by atoms with van der Waals surface area (Å²) in [7, 11) is 0. The number of piperazine rings is 1. The zero-order valence-corrected chi connectivity index (χ0v) is 13.0. The molecule has 2 N–H and O–H groups in total. The number of aromatic amines is 1. The fourth-order valence-electron chi connectivity index (χ4n) is 3.27. The fraction of sp³-hybridized carbons (Fsp3) is 0.158. The van der Waals surface area contributed by atoms with Gasteiger partial charge < -0.3 is 15.2 Å². The van der Waals surface area contributed by atoms with Crippen molar-refractivity contribution in [2.45, 2.75) is 6.04 Å². The third-order valence-electron chi connectivity index (χ3n) is 4.41. The summed E-state index contributed by atoms with van der Waals surface area (Å²) in [5.41, 5.74) is 2.22. The molecule has 0 saturated carbocycles. The Morgan fingerprint density at radius 3 is 2.71 bits per heavy atom. The summed E-state index contributed by atoms with van der Waals surface area (Å²) in [4.78, 5) is 30.4. The van der Waals surface area contributed by atoms with Crippen molar-refractivity contribution < 1.29 is 9.59 Å². The van der Waals surface area contributed by atoms with E-state index in [2.05, 4.69) is 10.3 Å². The molecule has 5 nitrogen and oxygen atoms in total. The SMILES string of the molecule is O=C1NCCN(C(=O)c2cccc3cc[nH]c23)[C@@H]1c1ccccc1. The number of para-hydroxylation sites is 1. The Bertz CT molecular complexity index is 901. The summed E-state index contributed by atoms with van der Waals surface area (Å²) in [6.07, 6.45) is 1.82. The number of aromatic nitrogens is 1. The van der Waals surface area contributed by atoms with Crippen molar-refractivity contribution in [3.05, 3.63) is 71.9 Å². The molecule has 1 atom stereocenters. The molecule has 0 unspecified atom stereocenters. The normalized spacial score (nSPS) is 17.8. The van der Waals surface area contributed by atoms with E-state index in [1.807, 2.05) is 54.7 Å². The predicted octanol–water partition coefficient (Wildman–Crippen LogP) is 2.48. The van der Waals surface area contributed by atoms with Gasteiger partial charge in [0.1, 0.15) is 6.04 Å². The minimum Gasteiger partial charge on any atom is -0.361 e. The molecular weight excluding hydrogens is 302 g/mol. The summed E-state index contributed by atoms with van der Waals surface area (Å²) >= 11 is 0. The summed E-state index contributed by atoms with van der Waals surface area (Å²) in [5.74, 6) is -0.272.